The lowest BCUT2D eigenvalue weighted by atomic mass is 10.1. The highest BCUT2D eigenvalue weighted by molar-refractivity contribution is 5.95. The number of hydrogen-bond donors (Lipinski definition) is 3. The summed E-state index contributed by atoms with van der Waals surface area (Å²) in [7, 11) is 1.67. The molecule has 0 aliphatic carbocycles. The van der Waals surface area contributed by atoms with Crippen LogP contribution in [0.2, 0.25) is 0 Å². The second kappa shape index (κ2) is 9.31. The number of ether oxygens (including phenoxy) is 2. The Labute approximate surface area is 169 Å². The fourth-order valence-electron chi connectivity index (χ4n) is 3.02. The number of amides is 2. The molecule has 8 nitrogen and oxygen atoms in total. The third-order valence-electron chi connectivity index (χ3n) is 4.64. The number of nitrogens with two attached hydrogens (primary N) is 1. The first-order valence-corrected chi connectivity index (χ1v) is 9.19. The van der Waals surface area contributed by atoms with Gasteiger partial charge < -0.3 is 25.4 Å². The quantitative estimate of drug-likeness (QED) is 0.476. The van der Waals surface area contributed by atoms with Gasteiger partial charge in [-0.3, -0.25) is 15.0 Å². The molecule has 0 spiro atoms. The number of nitrogens with zero attached hydrogens (tertiary/aromatic N) is 1. The van der Waals surface area contributed by atoms with Gasteiger partial charge in [-0.05, 0) is 11.1 Å². The van der Waals surface area contributed by atoms with Gasteiger partial charge in [-0.2, -0.15) is 0 Å². The summed E-state index contributed by atoms with van der Waals surface area (Å²) in [4.78, 5) is 26.8. The van der Waals surface area contributed by atoms with Crippen molar-refractivity contribution in [2.24, 2.45) is 5.73 Å². The molecule has 8 heteroatoms. The second-order valence-electron chi connectivity index (χ2n) is 6.80. The van der Waals surface area contributed by atoms with E-state index in [9.17, 15) is 9.59 Å². The van der Waals surface area contributed by atoms with Gasteiger partial charge in [0, 0.05) is 25.7 Å². The van der Waals surface area contributed by atoms with E-state index in [0.29, 0.717) is 12.1 Å². The lowest BCUT2D eigenvalue weighted by molar-refractivity contribution is -0.144. The molecule has 29 heavy (non-hydrogen) atoms. The molecule has 1 aliphatic rings. The van der Waals surface area contributed by atoms with Gasteiger partial charge in [-0.25, -0.2) is 0 Å². The van der Waals surface area contributed by atoms with E-state index in [0.717, 1.165) is 11.1 Å². The van der Waals surface area contributed by atoms with Gasteiger partial charge in [-0.15, -0.1) is 0 Å². The van der Waals surface area contributed by atoms with E-state index in [4.69, 9.17) is 20.6 Å². The molecule has 152 valence electrons. The van der Waals surface area contributed by atoms with Crippen molar-refractivity contribution in [2.45, 2.75) is 25.3 Å². The molecule has 1 heterocycles. The number of nitrogens with one attached hydrogen (secondary N) is 2. The minimum absolute atomic E-state index is 0.0157. The number of hydrogen-bond acceptors (Lipinski definition) is 5. The fourth-order valence-corrected chi connectivity index (χ4v) is 3.02. The van der Waals surface area contributed by atoms with Gasteiger partial charge in [0.15, 0.2) is 12.2 Å². The van der Waals surface area contributed by atoms with E-state index < -0.39 is 18.1 Å². The smallest absolute Gasteiger partial charge is 0.255 e. The second-order valence-corrected chi connectivity index (χ2v) is 6.80. The number of amidine groups is 1. The van der Waals surface area contributed by atoms with E-state index in [1.165, 1.54) is 4.90 Å². The van der Waals surface area contributed by atoms with Crippen molar-refractivity contribution >= 4 is 17.6 Å². The zero-order valence-corrected chi connectivity index (χ0v) is 16.1. The largest absolute Gasteiger partial charge is 0.384 e. The van der Waals surface area contributed by atoms with E-state index in [2.05, 4.69) is 5.32 Å². The summed E-state index contributed by atoms with van der Waals surface area (Å²) < 4.78 is 10.8. The SMILES string of the molecule is CN(Cc1ccccc1)C(=O)C1OCOC1C(=O)NCc1ccc(C(=N)N)cc1. The minimum Gasteiger partial charge on any atom is -0.384 e. The van der Waals surface area contributed by atoms with Gasteiger partial charge in [0.25, 0.3) is 11.8 Å². The highest BCUT2D eigenvalue weighted by Gasteiger charge is 2.41. The molecule has 0 saturated carbocycles. The highest BCUT2D eigenvalue weighted by atomic mass is 16.7. The summed E-state index contributed by atoms with van der Waals surface area (Å²) in [5, 5.41) is 10.2. The normalized spacial score (nSPS) is 18.2. The molecule has 2 unspecified atom stereocenters. The summed E-state index contributed by atoms with van der Waals surface area (Å²) in [5.74, 6) is -0.736. The van der Waals surface area contributed by atoms with Gasteiger partial charge in [0.05, 0.1) is 0 Å². The number of carbonyl (C=O) groups excluding carboxylic acids is 2. The molecule has 1 aliphatic heterocycles. The Hall–Kier alpha value is -3.23. The van der Waals surface area contributed by atoms with E-state index in [1.807, 2.05) is 30.3 Å². The number of nitrogen functional groups attached to an aromatic ring is 1. The van der Waals surface area contributed by atoms with Crippen molar-refractivity contribution in [1.29, 1.82) is 5.41 Å². The molecule has 2 aromatic rings. The van der Waals surface area contributed by atoms with E-state index in [-0.39, 0.29) is 25.1 Å². The molecule has 0 radical (unpaired) electrons. The maximum absolute atomic E-state index is 12.7. The average molecular weight is 396 g/mol. The first-order chi connectivity index (χ1) is 14.0. The van der Waals surface area contributed by atoms with Crippen molar-refractivity contribution < 1.29 is 19.1 Å². The maximum atomic E-state index is 12.7. The number of likely N-dealkylation sites (N-methyl/N-ethyl adjacent to an activating group) is 1. The molecule has 3 rings (SSSR count). The van der Waals surface area contributed by atoms with Crippen LogP contribution in [-0.2, 0) is 32.2 Å². The van der Waals surface area contributed by atoms with Crippen LogP contribution in [0.1, 0.15) is 16.7 Å². The van der Waals surface area contributed by atoms with Gasteiger partial charge in [-0.1, -0.05) is 54.6 Å². The van der Waals surface area contributed by atoms with Crippen LogP contribution in [0.25, 0.3) is 0 Å². The standard InChI is InChI=1S/C21H24N4O4/c1-25(12-15-5-3-2-4-6-15)21(27)18-17(28-13-29-18)20(26)24-11-14-7-9-16(10-8-14)19(22)23/h2-10,17-18H,11-13H2,1H3,(H3,22,23)(H,24,26). The lowest BCUT2D eigenvalue weighted by Gasteiger charge is -2.23. The predicted octanol–water partition coefficient (Wildman–Crippen LogP) is 0.987. The van der Waals surface area contributed by atoms with Crippen molar-refractivity contribution in [2.75, 3.05) is 13.8 Å². The Bertz CT molecular complexity index is 870. The van der Waals surface area contributed by atoms with Crippen molar-refractivity contribution in [3.63, 3.8) is 0 Å². The molecular weight excluding hydrogens is 372 g/mol. The topological polar surface area (TPSA) is 118 Å². The lowest BCUT2D eigenvalue weighted by Crippen LogP contribution is -2.48. The molecule has 1 fully saturated rings. The average Bonchev–Trinajstić information content (AvgIpc) is 3.22. The number of benzene rings is 2. The van der Waals surface area contributed by atoms with Crippen LogP contribution < -0.4 is 11.1 Å². The van der Waals surface area contributed by atoms with Crippen LogP contribution in [-0.4, -0.2) is 48.6 Å². The summed E-state index contributed by atoms with van der Waals surface area (Å²) in [5.41, 5.74) is 7.87. The van der Waals surface area contributed by atoms with Crippen LogP contribution in [0.15, 0.2) is 54.6 Å². The van der Waals surface area contributed by atoms with Crippen molar-refractivity contribution in [3.05, 3.63) is 71.3 Å². The molecule has 2 aromatic carbocycles. The van der Waals surface area contributed by atoms with Gasteiger partial charge in [0.2, 0.25) is 0 Å². The number of carbonyl (C=O) groups is 2. The summed E-state index contributed by atoms with van der Waals surface area (Å²) in [6.07, 6.45) is -1.99. The molecule has 0 bridgehead atoms. The van der Waals surface area contributed by atoms with Gasteiger partial charge >= 0.3 is 0 Å². The molecule has 4 N–H and O–H groups in total. The third-order valence-corrected chi connectivity index (χ3v) is 4.64. The predicted molar refractivity (Wildman–Crippen MR) is 107 cm³/mol. The summed E-state index contributed by atoms with van der Waals surface area (Å²) in [6.45, 7) is 0.564. The molecular formula is C21H24N4O4. The maximum Gasteiger partial charge on any atom is 0.255 e. The summed E-state index contributed by atoms with van der Waals surface area (Å²) in [6, 6.07) is 16.6. The highest BCUT2D eigenvalue weighted by Crippen LogP contribution is 2.17. The first kappa shape index (κ1) is 20.5. The van der Waals surface area contributed by atoms with Crippen LogP contribution in [0.3, 0.4) is 0 Å². The molecule has 2 amide bonds. The van der Waals surface area contributed by atoms with E-state index >= 15 is 0 Å². The van der Waals surface area contributed by atoms with Crippen LogP contribution in [0.4, 0.5) is 0 Å². The Kier molecular flexibility index (Phi) is 6.58. The third kappa shape index (κ3) is 5.18. The minimum atomic E-state index is -1.00. The first-order valence-electron chi connectivity index (χ1n) is 9.19. The zero-order valence-electron chi connectivity index (χ0n) is 16.1. The van der Waals surface area contributed by atoms with E-state index in [1.54, 1.807) is 31.3 Å². The van der Waals surface area contributed by atoms with Crippen molar-refractivity contribution in [3.8, 4) is 0 Å². The van der Waals surface area contributed by atoms with Gasteiger partial charge in [0.1, 0.15) is 12.6 Å². The van der Waals surface area contributed by atoms with Crippen LogP contribution in [0.5, 0.6) is 0 Å². The summed E-state index contributed by atoms with van der Waals surface area (Å²) >= 11 is 0. The molecule has 2 atom stereocenters. The van der Waals surface area contributed by atoms with Crippen LogP contribution in [0, 0.1) is 5.41 Å². The molecule has 1 saturated heterocycles. The fraction of sp³-hybridized carbons (Fsp3) is 0.286. The monoisotopic (exact) mass is 396 g/mol. The Morgan fingerprint density at radius 2 is 1.72 bits per heavy atom. The van der Waals surface area contributed by atoms with Crippen LogP contribution >= 0.6 is 0 Å². The zero-order chi connectivity index (χ0) is 20.8. The van der Waals surface area contributed by atoms with Crippen molar-refractivity contribution in [1.82, 2.24) is 10.2 Å². The Morgan fingerprint density at radius 3 is 2.38 bits per heavy atom. The Balaban J connectivity index is 1.56. The Morgan fingerprint density at radius 1 is 1.07 bits per heavy atom. The number of rotatable bonds is 7. The molecule has 0 aromatic heterocycles.